The zero-order chi connectivity index (χ0) is 18.5. The van der Waals surface area contributed by atoms with Gasteiger partial charge in [-0.15, -0.1) is 10.2 Å². The highest BCUT2D eigenvalue weighted by molar-refractivity contribution is 6.31. The molecule has 4 heterocycles. The zero-order valence-corrected chi connectivity index (χ0v) is 16.8. The summed E-state index contributed by atoms with van der Waals surface area (Å²) in [6.07, 6.45) is 5.18. The normalized spacial score (nSPS) is 26.8. The van der Waals surface area contributed by atoms with E-state index in [0.717, 1.165) is 55.7 Å². The van der Waals surface area contributed by atoms with Crippen LogP contribution in [0.4, 0.5) is 5.95 Å². The molecule has 2 aromatic rings. The fourth-order valence-corrected chi connectivity index (χ4v) is 5.29. The summed E-state index contributed by atoms with van der Waals surface area (Å²) in [5, 5.41) is 10.2. The average molecular weight is 387 g/mol. The minimum absolute atomic E-state index is 0.332. The van der Waals surface area contributed by atoms with E-state index in [9.17, 15) is 0 Å². The van der Waals surface area contributed by atoms with E-state index in [4.69, 9.17) is 16.3 Å². The number of ether oxygens (including phenoxy) is 1. The number of aromatic nitrogens is 3. The van der Waals surface area contributed by atoms with Gasteiger partial charge in [-0.25, -0.2) is 0 Å². The molecule has 0 N–H and O–H groups in total. The molecule has 5 nitrogen and oxygen atoms in total. The molecule has 6 heteroatoms. The maximum Gasteiger partial charge on any atom is 0.227 e. The third-order valence-electron chi connectivity index (χ3n) is 6.24. The van der Waals surface area contributed by atoms with Gasteiger partial charge in [0.15, 0.2) is 0 Å². The fraction of sp³-hybridized carbons (Fsp3) is 0.619. The Kier molecular flexibility index (Phi) is 4.40. The van der Waals surface area contributed by atoms with Gasteiger partial charge in [0.25, 0.3) is 0 Å². The largest absolute Gasteiger partial charge is 0.374 e. The SMILES string of the molecule is CC(C)Cn1c(C2CC3CCC2O3)nnc1N1CCc2c(Cl)cccc2C1. The summed E-state index contributed by atoms with van der Waals surface area (Å²) in [4.78, 5) is 2.37. The Morgan fingerprint density at radius 2 is 2.15 bits per heavy atom. The van der Waals surface area contributed by atoms with Crippen LogP contribution in [0, 0.1) is 5.92 Å². The smallest absolute Gasteiger partial charge is 0.227 e. The van der Waals surface area contributed by atoms with Gasteiger partial charge in [-0.3, -0.25) is 4.57 Å². The molecule has 3 aliphatic heterocycles. The molecular weight excluding hydrogens is 360 g/mol. The minimum atomic E-state index is 0.332. The molecule has 1 aromatic carbocycles. The van der Waals surface area contributed by atoms with E-state index >= 15 is 0 Å². The van der Waals surface area contributed by atoms with Crippen LogP contribution >= 0.6 is 11.6 Å². The number of benzene rings is 1. The van der Waals surface area contributed by atoms with E-state index in [0.29, 0.717) is 24.0 Å². The van der Waals surface area contributed by atoms with E-state index in [1.165, 1.54) is 17.5 Å². The van der Waals surface area contributed by atoms with Crippen molar-refractivity contribution in [3.8, 4) is 0 Å². The first kappa shape index (κ1) is 17.5. The van der Waals surface area contributed by atoms with E-state index in [1.54, 1.807) is 0 Å². The van der Waals surface area contributed by atoms with Crippen LogP contribution in [-0.2, 0) is 24.2 Å². The monoisotopic (exact) mass is 386 g/mol. The summed E-state index contributed by atoms with van der Waals surface area (Å²) in [5.41, 5.74) is 2.59. The summed E-state index contributed by atoms with van der Waals surface area (Å²) in [7, 11) is 0. The Morgan fingerprint density at radius 1 is 1.26 bits per heavy atom. The van der Waals surface area contributed by atoms with Gasteiger partial charge < -0.3 is 9.64 Å². The number of rotatable bonds is 4. The fourth-order valence-electron chi connectivity index (χ4n) is 5.00. The van der Waals surface area contributed by atoms with Crippen molar-refractivity contribution >= 4 is 17.5 Å². The van der Waals surface area contributed by atoms with E-state index in [1.807, 2.05) is 12.1 Å². The second-order valence-electron chi connectivity index (χ2n) is 8.63. The molecule has 1 aromatic heterocycles. The summed E-state index contributed by atoms with van der Waals surface area (Å²) in [5.74, 6) is 3.08. The number of hydrogen-bond acceptors (Lipinski definition) is 4. The Morgan fingerprint density at radius 3 is 2.89 bits per heavy atom. The Labute approximate surface area is 165 Å². The van der Waals surface area contributed by atoms with Gasteiger partial charge in [0.1, 0.15) is 5.82 Å². The third-order valence-corrected chi connectivity index (χ3v) is 6.59. The van der Waals surface area contributed by atoms with Crippen molar-refractivity contribution < 1.29 is 4.74 Å². The van der Waals surface area contributed by atoms with Crippen molar-refractivity contribution in [3.05, 3.63) is 40.2 Å². The first-order chi connectivity index (χ1) is 13.1. The molecular formula is C21H27ClN4O. The molecule has 2 saturated heterocycles. The molecule has 27 heavy (non-hydrogen) atoms. The number of fused-ring (bicyclic) bond motifs is 3. The first-order valence-electron chi connectivity index (χ1n) is 10.2. The van der Waals surface area contributed by atoms with Crippen molar-refractivity contribution in [2.24, 2.45) is 5.92 Å². The van der Waals surface area contributed by atoms with Crippen molar-refractivity contribution in [1.29, 1.82) is 0 Å². The lowest BCUT2D eigenvalue weighted by Crippen LogP contribution is -2.33. The van der Waals surface area contributed by atoms with Crippen molar-refractivity contribution in [3.63, 3.8) is 0 Å². The lowest BCUT2D eigenvalue weighted by molar-refractivity contribution is 0.0994. The standard InChI is InChI=1S/C21H27ClN4O/c1-13(2)11-26-20(17-10-15-6-7-19(17)27-15)23-24-21(26)25-9-8-16-14(12-25)4-3-5-18(16)22/h3-5,13,15,17,19H,6-12H2,1-2H3. The number of hydrogen-bond donors (Lipinski definition) is 0. The maximum atomic E-state index is 6.40. The van der Waals surface area contributed by atoms with E-state index in [-0.39, 0.29) is 0 Å². The summed E-state index contributed by atoms with van der Waals surface area (Å²) < 4.78 is 8.47. The highest BCUT2D eigenvalue weighted by Crippen LogP contribution is 2.44. The topological polar surface area (TPSA) is 43.2 Å². The number of halogens is 1. The second kappa shape index (κ2) is 6.78. The molecule has 144 valence electrons. The van der Waals surface area contributed by atoms with E-state index in [2.05, 4.69) is 39.6 Å². The highest BCUT2D eigenvalue weighted by atomic mass is 35.5. The van der Waals surface area contributed by atoms with Crippen molar-refractivity contribution in [1.82, 2.24) is 14.8 Å². The maximum absolute atomic E-state index is 6.40. The average Bonchev–Trinajstić information content (AvgIpc) is 3.36. The van der Waals surface area contributed by atoms with Gasteiger partial charge in [-0.05, 0) is 48.8 Å². The molecule has 5 rings (SSSR count). The molecule has 0 aliphatic carbocycles. The van der Waals surface area contributed by atoms with Crippen LogP contribution < -0.4 is 4.90 Å². The Balaban J connectivity index is 1.47. The molecule has 3 unspecified atom stereocenters. The van der Waals surface area contributed by atoms with Crippen LogP contribution in [0.25, 0.3) is 0 Å². The summed E-state index contributed by atoms with van der Waals surface area (Å²) in [6.45, 7) is 7.25. The Hall–Kier alpha value is -1.59. The van der Waals surface area contributed by atoms with Crippen LogP contribution in [-0.4, -0.2) is 33.5 Å². The molecule has 2 fully saturated rings. The number of anilines is 1. The predicted molar refractivity (Wildman–Crippen MR) is 106 cm³/mol. The molecule has 2 bridgehead atoms. The van der Waals surface area contributed by atoms with Gasteiger partial charge in [-0.2, -0.15) is 0 Å². The van der Waals surface area contributed by atoms with Gasteiger partial charge in [-0.1, -0.05) is 37.6 Å². The summed E-state index contributed by atoms with van der Waals surface area (Å²) >= 11 is 6.40. The van der Waals surface area contributed by atoms with E-state index < -0.39 is 0 Å². The van der Waals surface area contributed by atoms with Crippen LogP contribution in [0.3, 0.4) is 0 Å². The zero-order valence-electron chi connectivity index (χ0n) is 16.1. The van der Waals surface area contributed by atoms with Crippen LogP contribution in [0.1, 0.15) is 56.0 Å². The lowest BCUT2D eigenvalue weighted by atomic mass is 9.88. The third kappa shape index (κ3) is 3.05. The van der Waals surface area contributed by atoms with Crippen molar-refractivity contribution in [2.45, 2.75) is 70.7 Å². The van der Waals surface area contributed by atoms with Gasteiger partial charge in [0, 0.05) is 30.6 Å². The second-order valence-corrected chi connectivity index (χ2v) is 9.04. The van der Waals surface area contributed by atoms with Crippen LogP contribution in [0.5, 0.6) is 0 Å². The Bertz CT molecular complexity index is 849. The van der Waals surface area contributed by atoms with Gasteiger partial charge >= 0.3 is 0 Å². The predicted octanol–water partition coefficient (Wildman–Crippen LogP) is 4.19. The van der Waals surface area contributed by atoms with Crippen LogP contribution in [0.15, 0.2) is 18.2 Å². The van der Waals surface area contributed by atoms with Crippen molar-refractivity contribution in [2.75, 3.05) is 11.4 Å². The molecule has 3 aliphatic rings. The molecule has 0 radical (unpaired) electrons. The lowest BCUT2D eigenvalue weighted by Gasteiger charge is -2.31. The van der Waals surface area contributed by atoms with Crippen LogP contribution in [0.2, 0.25) is 5.02 Å². The first-order valence-corrected chi connectivity index (χ1v) is 10.6. The molecule has 0 saturated carbocycles. The summed E-state index contributed by atoms with van der Waals surface area (Å²) in [6, 6.07) is 6.22. The molecule has 0 spiro atoms. The van der Waals surface area contributed by atoms with Gasteiger partial charge in [0.2, 0.25) is 5.95 Å². The van der Waals surface area contributed by atoms with Gasteiger partial charge in [0.05, 0.1) is 12.2 Å². The quantitative estimate of drug-likeness (QED) is 0.790. The number of nitrogens with zero attached hydrogens (tertiary/aromatic N) is 4. The molecule has 3 atom stereocenters. The minimum Gasteiger partial charge on any atom is -0.374 e. The molecule has 0 amide bonds. The highest BCUT2D eigenvalue weighted by Gasteiger charge is 2.44.